The van der Waals surface area contributed by atoms with E-state index in [1.165, 1.54) is 0 Å². The summed E-state index contributed by atoms with van der Waals surface area (Å²) in [4.78, 5) is 11.8. The summed E-state index contributed by atoms with van der Waals surface area (Å²) in [6.07, 6.45) is 0. The van der Waals surface area contributed by atoms with Crippen LogP contribution in [0.1, 0.15) is 11.1 Å². The standard InChI is InChI=1S/C16H14ClN3O/c17-14-2-1-3-15(8-14)20-16(21)11-19-10-13-6-4-12(9-18)5-7-13/h1-8,19H,10-11H2,(H,20,21). The fraction of sp³-hybridized carbons (Fsp3) is 0.125. The molecule has 21 heavy (non-hydrogen) atoms. The predicted octanol–water partition coefficient (Wildman–Crippen LogP) is 2.94. The lowest BCUT2D eigenvalue weighted by atomic mass is 10.1. The van der Waals surface area contributed by atoms with Crippen molar-refractivity contribution in [3.8, 4) is 6.07 Å². The minimum absolute atomic E-state index is 0.133. The van der Waals surface area contributed by atoms with Crippen LogP contribution in [0.25, 0.3) is 0 Å². The Kier molecular flexibility index (Phi) is 5.33. The van der Waals surface area contributed by atoms with Crippen molar-refractivity contribution in [3.05, 3.63) is 64.7 Å². The first-order valence-corrected chi connectivity index (χ1v) is 6.80. The Hall–Kier alpha value is -2.35. The largest absolute Gasteiger partial charge is 0.325 e. The number of nitrogens with zero attached hydrogens (tertiary/aromatic N) is 1. The maximum Gasteiger partial charge on any atom is 0.238 e. The molecule has 1 amide bonds. The van der Waals surface area contributed by atoms with Crippen LogP contribution in [0.4, 0.5) is 5.69 Å². The molecule has 0 aliphatic carbocycles. The van der Waals surface area contributed by atoms with Crippen LogP contribution >= 0.6 is 11.6 Å². The van der Waals surface area contributed by atoms with E-state index in [0.717, 1.165) is 5.56 Å². The molecule has 0 aromatic heterocycles. The molecular formula is C16H14ClN3O. The number of benzene rings is 2. The summed E-state index contributed by atoms with van der Waals surface area (Å²) in [6, 6.07) is 16.3. The van der Waals surface area contributed by atoms with Crippen LogP contribution in [0.15, 0.2) is 48.5 Å². The van der Waals surface area contributed by atoms with E-state index in [4.69, 9.17) is 16.9 Å². The summed E-state index contributed by atoms with van der Waals surface area (Å²) in [6.45, 7) is 0.765. The van der Waals surface area contributed by atoms with E-state index in [1.807, 2.05) is 12.1 Å². The quantitative estimate of drug-likeness (QED) is 0.892. The van der Waals surface area contributed by atoms with E-state index in [0.29, 0.717) is 22.8 Å². The second-order valence-corrected chi connectivity index (χ2v) is 4.91. The molecule has 0 radical (unpaired) electrons. The van der Waals surface area contributed by atoms with Gasteiger partial charge in [0.15, 0.2) is 0 Å². The first-order chi connectivity index (χ1) is 10.2. The number of nitriles is 1. The first-order valence-electron chi connectivity index (χ1n) is 6.42. The van der Waals surface area contributed by atoms with E-state index < -0.39 is 0 Å². The average Bonchev–Trinajstić information content (AvgIpc) is 2.48. The number of carbonyl (C=O) groups excluding carboxylic acids is 1. The first kappa shape index (κ1) is 15.0. The number of nitrogens with one attached hydrogen (secondary N) is 2. The van der Waals surface area contributed by atoms with E-state index in [9.17, 15) is 4.79 Å². The van der Waals surface area contributed by atoms with Crippen LogP contribution in [0.5, 0.6) is 0 Å². The molecule has 0 fully saturated rings. The molecule has 2 N–H and O–H groups in total. The molecule has 0 atom stereocenters. The van der Waals surface area contributed by atoms with E-state index in [2.05, 4.69) is 16.7 Å². The van der Waals surface area contributed by atoms with Crippen LogP contribution in [0.2, 0.25) is 5.02 Å². The fourth-order valence-corrected chi connectivity index (χ4v) is 1.98. The monoisotopic (exact) mass is 299 g/mol. The van der Waals surface area contributed by atoms with Crippen molar-refractivity contribution in [1.82, 2.24) is 5.32 Å². The van der Waals surface area contributed by atoms with Gasteiger partial charge in [0.25, 0.3) is 0 Å². The predicted molar refractivity (Wildman–Crippen MR) is 82.9 cm³/mol. The lowest BCUT2D eigenvalue weighted by Gasteiger charge is -2.07. The third kappa shape index (κ3) is 4.92. The molecule has 0 unspecified atom stereocenters. The van der Waals surface area contributed by atoms with Gasteiger partial charge < -0.3 is 10.6 Å². The van der Waals surface area contributed by atoms with Gasteiger partial charge >= 0.3 is 0 Å². The smallest absolute Gasteiger partial charge is 0.238 e. The lowest BCUT2D eigenvalue weighted by molar-refractivity contribution is -0.115. The Balaban J connectivity index is 1.77. The lowest BCUT2D eigenvalue weighted by Crippen LogP contribution is -2.27. The molecular weight excluding hydrogens is 286 g/mol. The Bertz CT molecular complexity index is 662. The summed E-state index contributed by atoms with van der Waals surface area (Å²) < 4.78 is 0. The summed E-state index contributed by atoms with van der Waals surface area (Å²) in [5.74, 6) is -0.133. The summed E-state index contributed by atoms with van der Waals surface area (Å²) in [7, 11) is 0. The van der Waals surface area contributed by atoms with Crippen molar-refractivity contribution in [2.45, 2.75) is 6.54 Å². The molecule has 0 aliphatic heterocycles. The van der Waals surface area contributed by atoms with Crippen LogP contribution < -0.4 is 10.6 Å². The zero-order valence-corrected chi connectivity index (χ0v) is 12.0. The van der Waals surface area contributed by atoms with Gasteiger partial charge in [0.1, 0.15) is 0 Å². The molecule has 2 aromatic carbocycles. The number of hydrogen-bond donors (Lipinski definition) is 2. The molecule has 0 spiro atoms. The molecule has 0 heterocycles. The van der Waals surface area contributed by atoms with Gasteiger partial charge in [-0.3, -0.25) is 4.79 Å². The summed E-state index contributed by atoms with van der Waals surface area (Å²) in [5, 5.41) is 15.1. The maximum atomic E-state index is 11.8. The zero-order valence-electron chi connectivity index (χ0n) is 11.3. The molecule has 0 bridgehead atoms. The van der Waals surface area contributed by atoms with E-state index in [1.54, 1.807) is 36.4 Å². The molecule has 4 nitrogen and oxygen atoms in total. The van der Waals surface area contributed by atoms with Crippen molar-refractivity contribution in [2.24, 2.45) is 0 Å². The topological polar surface area (TPSA) is 64.9 Å². The van der Waals surface area contributed by atoms with Crippen molar-refractivity contribution >= 4 is 23.2 Å². The van der Waals surface area contributed by atoms with Crippen LogP contribution in [0, 0.1) is 11.3 Å². The maximum absolute atomic E-state index is 11.8. The number of amides is 1. The number of anilines is 1. The number of rotatable bonds is 5. The highest BCUT2D eigenvalue weighted by Gasteiger charge is 2.02. The van der Waals surface area contributed by atoms with E-state index >= 15 is 0 Å². The molecule has 2 rings (SSSR count). The van der Waals surface area contributed by atoms with Crippen molar-refractivity contribution in [2.75, 3.05) is 11.9 Å². The zero-order chi connectivity index (χ0) is 15.1. The highest BCUT2D eigenvalue weighted by Crippen LogP contribution is 2.14. The highest BCUT2D eigenvalue weighted by molar-refractivity contribution is 6.30. The Labute approximate surface area is 128 Å². The number of halogens is 1. The summed E-state index contributed by atoms with van der Waals surface area (Å²) in [5.41, 5.74) is 2.31. The highest BCUT2D eigenvalue weighted by atomic mass is 35.5. The van der Waals surface area contributed by atoms with Gasteiger partial charge in [-0.25, -0.2) is 0 Å². The Morgan fingerprint density at radius 3 is 2.62 bits per heavy atom. The molecule has 106 valence electrons. The van der Waals surface area contributed by atoms with Gasteiger partial charge in [0, 0.05) is 17.3 Å². The minimum Gasteiger partial charge on any atom is -0.325 e. The van der Waals surface area contributed by atoms with Gasteiger partial charge in [0.05, 0.1) is 18.2 Å². The SMILES string of the molecule is N#Cc1ccc(CNCC(=O)Nc2cccc(Cl)c2)cc1. The summed E-state index contributed by atoms with van der Waals surface area (Å²) >= 11 is 5.85. The second-order valence-electron chi connectivity index (χ2n) is 4.47. The van der Waals surface area contributed by atoms with Crippen molar-refractivity contribution in [3.63, 3.8) is 0 Å². The molecule has 0 saturated carbocycles. The molecule has 5 heteroatoms. The Morgan fingerprint density at radius 2 is 1.95 bits per heavy atom. The van der Waals surface area contributed by atoms with Crippen LogP contribution in [-0.4, -0.2) is 12.5 Å². The number of carbonyl (C=O) groups is 1. The third-order valence-electron chi connectivity index (χ3n) is 2.81. The average molecular weight is 300 g/mol. The number of hydrogen-bond acceptors (Lipinski definition) is 3. The van der Waals surface area contributed by atoms with Gasteiger partial charge in [0.2, 0.25) is 5.91 Å². The van der Waals surface area contributed by atoms with Gasteiger partial charge in [-0.2, -0.15) is 5.26 Å². The molecule has 2 aromatic rings. The van der Waals surface area contributed by atoms with Crippen LogP contribution in [-0.2, 0) is 11.3 Å². The van der Waals surface area contributed by atoms with Crippen LogP contribution in [0.3, 0.4) is 0 Å². The van der Waals surface area contributed by atoms with Crippen molar-refractivity contribution in [1.29, 1.82) is 5.26 Å². The molecule has 0 aliphatic rings. The molecule has 0 saturated heterocycles. The van der Waals surface area contributed by atoms with E-state index in [-0.39, 0.29) is 12.5 Å². The van der Waals surface area contributed by atoms with Gasteiger partial charge in [-0.15, -0.1) is 0 Å². The fourth-order valence-electron chi connectivity index (χ4n) is 1.79. The second kappa shape index (κ2) is 7.44. The normalized spacial score (nSPS) is 9.90. The minimum atomic E-state index is -0.133. The van der Waals surface area contributed by atoms with Gasteiger partial charge in [-0.1, -0.05) is 29.8 Å². The van der Waals surface area contributed by atoms with Gasteiger partial charge in [-0.05, 0) is 35.9 Å². The third-order valence-corrected chi connectivity index (χ3v) is 3.04. The Morgan fingerprint density at radius 1 is 1.19 bits per heavy atom. The van der Waals surface area contributed by atoms with Crippen molar-refractivity contribution < 1.29 is 4.79 Å².